The van der Waals surface area contributed by atoms with Crippen molar-refractivity contribution in [3.8, 4) is 6.07 Å². The molecule has 0 bridgehead atoms. The number of nitriles is 1. The summed E-state index contributed by atoms with van der Waals surface area (Å²) in [6.45, 7) is 0. The maximum absolute atomic E-state index is 9.51. The van der Waals surface area contributed by atoms with Crippen molar-refractivity contribution in [3.05, 3.63) is 69.7 Å². The first-order valence-corrected chi connectivity index (χ1v) is 6.43. The molecule has 1 aliphatic carbocycles. The van der Waals surface area contributed by atoms with Crippen molar-refractivity contribution in [1.82, 2.24) is 0 Å². The van der Waals surface area contributed by atoms with Crippen molar-refractivity contribution in [1.29, 1.82) is 5.26 Å². The molecule has 0 spiro atoms. The van der Waals surface area contributed by atoms with Gasteiger partial charge in [-0.05, 0) is 47.2 Å². The van der Waals surface area contributed by atoms with Gasteiger partial charge in [0.2, 0.25) is 0 Å². The van der Waals surface area contributed by atoms with Gasteiger partial charge in [-0.1, -0.05) is 41.9 Å². The lowest BCUT2D eigenvalue weighted by atomic mass is 9.89. The molecule has 2 heteroatoms. The zero-order valence-electron chi connectivity index (χ0n) is 9.86. The van der Waals surface area contributed by atoms with Crippen LogP contribution in [0.2, 0.25) is 5.02 Å². The molecule has 0 aromatic heterocycles. The van der Waals surface area contributed by atoms with Gasteiger partial charge in [-0.3, -0.25) is 0 Å². The monoisotopic (exact) mass is 253 g/mol. The maximum atomic E-state index is 9.51. The topological polar surface area (TPSA) is 23.8 Å². The maximum Gasteiger partial charge on any atom is 0.0968 e. The minimum Gasteiger partial charge on any atom is -0.197 e. The second-order valence-electron chi connectivity index (χ2n) is 4.60. The van der Waals surface area contributed by atoms with Crippen LogP contribution in [0.5, 0.6) is 0 Å². The van der Waals surface area contributed by atoms with E-state index in [9.17, 15) is 5.26 Å². The summed E-state index contributed by atoms with van der Waals surface area (Å²) in [6.07, 6.45) is 1.96. The first-order chi connectivity index (χ1) is 8.79. The molecule has 0 N–H and O–H groups in total. The van der Waals surface area contributed by atoms with E-state index in [0.717, 1.165) is 24.0 Å². The van der Waals surface area contributed by atoms with Crippen LogP contribution in [0.25, 0.3) is 0 Å². The predicted molar refractivity (Wildman–Crippen MR) is 72.8 cm³/mol. The van der Waals surface area contributed by atoms with E-state index in [2.05, 4.69) is 18.2 Å². The third kappa shape index (κ3) is 1.79. The van der Waals surface area contributed by atoms with E-state index >= 15 is 0 Å². The van der Waals surface area contributed by atoms with Gasteiger partial charge in [0.25, 0.3) is 0 Å². The highest BCUT2D eigenvalue weighted by Crippen LogP contribution is 2.34. The Morgan fingerprint density at radius 1 is 1.00 bits per heavy atom. The van der Waals surface area contributed by atoms with Crippen molar-refractivity contribution in [2.75, 3.05) is 0 Å². The lowest BCUT2D eigenvalue weighted by Crippen LogP contribution is -2.01. The molecule has 0 radical (unpaired) electrons. The largest absolute Gasteiger partial charge is 0.197 e. The fraction of sp³-hybridized carbons (Fsp3) is 0.188. The first kappa shape index (κ1) is 11.3. The van der Waals surface area contributed by atoms with Gasteiger partial charge in [-0.15, -0.1) is 0 Å². The molecule has 0 heterocycles. The van der Waals surface area contributed by atoms with Gasteiger partial charge >= 0.3 is 0 Å². The second-order valence-corrected chi connectivity index (χ2v) is 5.04. The van der Waals surface area contributed by atoms with Crippen LogP contribution in [0.1, 0.15) is 28.2 Å². The number of hydrogen-bond acceptors (Lipinski definition) is 1. The van der Waals surface area contributed by atoms with E-state index in [1.165, 1.54) is 11.1 Å². The van der Waals surface area contributed by atoms with E-state index in [1.807, 2.05) is 30.3 Å². The van der Waals surface area contributed by atoms with Crippen LogP contribution in [-0.4, -0.2) is 0 Å². The van der Waals surface area contributed by atoms with Crippen LogP contribution in [0.3, 0.4) is 0 Å². The summed E-state index contributed by atoms with van der Waals surface area (Å²) in [7, 11) is 0. The number of rotatable bonds is 0. The van der Waals surface area contributed by atoms with E-state index in [-0.39, 0.29) is 5.92 Å². The van der Waals surface area contributed by atoms with Crippen LogP contribution in [0, 0.1) is 11.3 Å². The van der Waals surface area contributed by atoms with Crippen LogP contribution in [0.15, 0.2) is 42.5 Å². The SMILES string of the molecule is N#C[C@H]1c2ccccc2CCc2ccc(Cl)cc21. The molecule has 3 rings (SSSR count). The van der Waals surface area contributed by atoms with Crippen molar-refractivity contribution in [3.63, 3.8) is 0 Å². The highest BCUT2D eigenvalue weighted by atomic mass is 35.5. The highest BCUT2D eigenvalue weighted by molar-refractivity contribution is 6.30. The quantitative estimate of drug-likeness (QED) is 0.694. The Morgan fingerprint density at radius 3 is 2.50 bits per heavy atom. The van der Waals surface area contributed by atoms with Crippen molar-refractivity contribution >= 4 is 11.6 Å². The smallest absolute Gasteiger partial charge is 0.0968 e. The summed E-state index contributed by atoms with van der Waals surface area (Å²) in [5.41, 5.74) is 4.70. The van der Waals surface area contributed by atoms with Gasteiger partial charge in [-0.25, -0.2) is 0 Å². The van der Waals surface area contributed by atoms with Crippen LogP contribution < -0.4 is 0 Å². The summed E-state index contributed by atoms with van der Waals surface area (Å²) in [5, 5.41) is 10.2. The van der Waals surface area contributed by atoms with Gasteiger partial charge in [0.05, 0.1) is 12.0 Å². The summed E-state index contributed by atoms with van der Waals surface area (Å²) in [5.74, 6) is -0.197. The lowest BCUT2D eigenvalue weighted by Gasteiger charge is -2.13. The van der Waals surface area contributed by atoms with Crippen molar-refractivity contribution < 1.29 is 0 Å². The average molecular weight is 254 g/mol. The van der Waals surface area contributed by atoms with Gasteiger partial charge < -0.3 is 0 Å². The van der Waals surface area contributed by atoms with Crippen LogP contribution in [-0.2, 0) is 12.8 Å². The molecule has 88 valence electrons. The number of fused-ring (bicyclic) bond motifs is 2. The fourth-order valence-electron chi connectivity index (χ4n) is 2.68. The number of hydrogen-bond donors (Lipinski definition) is 0. The molecule has 1 nitrogen and oxygen atoms in total. The Bertz CT molecular complexity index is 640. The summed E-state index contributed by atoms with van der Waals surface area (Å²) < 4.78 is 0. The molecule has 0 amide bonds. The number of halogens is 1. The third-order valence-electron chi connectivity index (χ3n) is 3.58. The minimum absolute atomic E-state index is 0.197. The minimum atomic E-state index is -0.197. The molecular weight excluding hydrogens is 242 g/mol. The molecule has 0 unspecified atom stereocenters. The van der Waals surface area contributed by atoms with E-state index in [0.29, 0.717) is 5.02 Å². The summed E-state index contributed by atoms with van der Waals surface area (Å²) >= 11 is 6.07. The fourth-order valence-corrected chi connectivity index (χ4v) is 2.86. The molecule has 18 heavy (non-hydrogen) atoms. The Balaban J connectivity index is 2.24. The van der Waals surface area contributed by atoms with Crippen molar-refractivity contribution in [2.24, 2.45) is 0 Å². The Hall–Kier alpha value is -1.78. The van der Waals surface area contributed by atoms with Crippen LogP contribution >= 0.6 is 11.6 Å². The molecule has 2 aromatic rings. The zero-order chi connectivity index (χ0) is 12.5. The molecule has 1 atom stereocenters. The Labute approximate surface area is 112 Å². The van der Waals surface area contributed by atoms with E-state index in [1.54, 1.807) is 0 Å². The summed E-state index contributed by atoms with van der Waals surface area (Å²) in [4.78, 5) is 0. The highest BCUT2D eigenvalue weighted by Gasteiger charge is 2.23. The molecule has 2 aromatic carbocycles. The molecule has 0 saturated heterocycles. The Morgan fingerprint density at radius 2 is 1.72 bits per heavy atom. The molecule has 0 aliphatic heterocycles. The number of aryl methyl sites for hydroxylation is 2. The second kappa shape index (κ2) is 4.48. The molecule has 0 fully saturated rings. The standard InChI is InChI=1S/C16H12ClN/c17-13-8-7-12-6-5-11-3-1-2-4-14(11)16(10-18)15(12)9-13/h1-4,7-9,16H,5-6H2/t16-/m0/s1. The molecular formula is C16H12ClN. The van der Waals surface area contributed by atoms with E-state index < -0.39 is 0 Å². The molecule has 0 saturated carbocycles. The third-order valence-corrected chi connectivity index (χ3v) is 3.81. The predicted octanol–water partition coefficient (Wildman–Crippen LogP) is 4.09. The van der Waals surface area contributed by atoms with Gasteiger partial charge in [0.15, 0.2) is 0 Å². The first-order valence-electron chi connectivity index (χ1n) is 6.05. The van der Waals surface area contributed by atoms with Gasteiger partial charge in [0, 0.05) is 5.02 Å². The Kier molecular flexibility index (Phi) is 2.81. The normalized spacial score (nSPS) is 17.2. The number of nitrogens with zero attached hydrogens (tertiary/aromatic N) is 1. The average Bonchev–Trinajstić information content (AvgIpc) is 2.54. The van der Waals surface area contributed by atoms with Crippen molar-refractivity contribution in [2.45, 2.75) is 18.8 Å². The zero-order valence-corrected chi connectivity index (χ0v) is 10.6. The summed E-state index contributed by atoms with van der Waals surface area (Å²) in [6, 6.07) is 16.5. The van der Waals surface area contributed by atoms with Crippen LogP contribution in [0.4, 0.5) is 0 Å². The molecule has 1 aliphatic rings. The van der Waals surface area contributed by atoms with Gasteiger partial charge in [0.1, 0.15) is 0 Å². The van der Waals surface area contributed by atoms with Gasteiger partial charge in [-0.2, -0.15) is 5.26 Å². The van der Waals surface area contributed by atoms with E-state index in [4.69, 9.17) is 11.6 Å². The lowest BCUT2D eigenvalue weighted by molar-refractivity contribution is 0.965. The number of benzene rings is 2.